The molecule has 4 aromatic rings. The number of nitrogens with one attached hydrogen (secondary N) is 1. The summed E-state index contributed by atoms with van der Waals surface area (Å²) in [5, 5.41) is 16.8. The Kier molecular flexibility index (Phi) is 6.27. The van der Waals surface area contributed by atoms with Gasteiger partial charge in [-0.1, -0.05) is 26.0 Å². The first kappa shape index (κ1) is 21.9. The van der Waals surface area contributed by atoms with Crippen molar-refractivity contribution in [1.29, 1.82) is 5.26 Å². The Morgan fingerprint density at radius 1 is 1.12 bits per heavy atom. The van der Waals surface area contributed by atoms with Crippen LogP contribution in [-0.4, -0.2) is 20.7 Å². The van der Waals surface area contributed by atoms with Gasteiger partial charge in [0.25, 0.3) is 0 Å². The molecular formula is C26H22FN5O. The zero-order valence-electron chi connectivity index (χ0n) is 18.3. The Bertz CT molecular complexity index is 1340. The molecule has 1 amide bonds. The first-order valence-electron chi connectivity index (χ1n) is 10.5. The van der Waals surface area contributed by atoms with Crippen LogP contribution in [0.1, 0.15) is 25.0 Å². The summed E-state index contributed by atoms with van der Waals surface area (Å²) in [4.78, 5) is 16.4. The van der Waals surface area contributed by atoms with Gasteiger partial charge in [-0.15, -0.1) is 0 Å². The minimum absolute atomic E-state index is 0.119. The molecule has 0 unspecified atom stereocenters. The van der Waals surface area contributed by atoms with Gasteiger partial charge < -0.3 is 5.32 Å². The number of benzene rings is 2. The lowest BCUT2D eigenvalue weighted by atomic mass is 10.0. The minimum atomic E-state index is -0.323. The van der Waals surface area contributed by atoms with Gasteiger partial charge >= 0.3 is 0 Å². The summed E-state index contributed by atoms with van der Waals surface area (Å²) < 4.78 is 15.3. The molecule has 0 saturated carbocycles. The van der Waals surface area contributed by atoms with Crippen molar-refractivity contribution in [3.8, 4) is 28.5 Å². The molecule has 0 radical (unpaired) electrons. The van der Waals surface area contributed by atoms with Gasteiger partial charge in [-0.2, -0.15) is 10.4 Å². The van der Waals surface area contributed by atoms with Crippen molar-refractivity contribution in [2.24, 2.45) is 5.92 Å². The van der Waals surface area contributed by atoms with Crippen molar-refractivity contribution in [1.82, 2.24) is 14.8 Å². The molecule has 164 valence electrons. The van der Waals surface area contributed by atoms with E-state index in [2.05, 4.69) is 16.4 Å². The highest BCUT2D eigenvalue weighted by Gasteiger charge is 2.16. The van der Waals surface area contributed by atoms with E-state index >= 15 is 0 Å². The number of halogens is 1. The number of carbonyl (C=O) groups excluding carboxylic acids is 1. The number of hydrogen-bond acceptors (Lipinski definition) is 4. The number of rotatable bonds is 6. The SMILES string of the molecule is CC(C)C(=O)Nc1cc(-c2cn(Cc3cccc(C#N)c3)nc2-c2ccc(F)cc2)ccn1. The van der Waals surface area contributed by atoms with Gasteiger partial charge in [0, 0.05) is 29.4 Å². The van der Waals surface area contributed by atoms with Gasteiger partial charge in [0.2, 0.25) is 5.91 Å². The van der Waals surface area contributed by atoms with E-state index < -0.39 is 0 Å². The average molecular weight is 439 g/mol. The number of pyridine rings is 1. The molecular weight excluding hydrogens is 417 g/mol. The lowest BCUT2D eigenvalue weighted by Gasteiger charge is -2.08. The number of hydrogen-bond donors (Lipinski definition) is 1. The third-order valence-corrected chi connectivity index (χ3v) is 5.13. The lowest BCUT2D eigenvalue weighted by molar-refractivity contribution is -0.118. The second-order valence-electron chi connectivity index (χ2n) is 7.98. The molecule has 6 nitrogen and oxygen atoms in total. The molecule has 0 aliphatic heterocycles. The van der Waals surface area contributed by atoms with Gasteiger partial charge in [-0.3, -0.25) is 9.48 Å². The van der Waals surface area contributed by atoms with E-state index in [1.807, 2.05) is 44.3 Å². The molecule has 0 spiro atoms. The van der Waals surface area contributed by atoms with E-state index in [0.717, 1.165) is 22.3 Å². The Morgan fingerprint density at radius 3 is 2.64 bits per heavy atom. The number of nitriles is 1. The van der Waals surface area contributed by atoms with E-state index in [1.165, 1.54) is 12.1 Å². The standard InChI is InChI=1S/C26H22FN5O/c1-17(2)26(33)30-24-13-21(10-11-29-24)23-16-32(15-19-5-3-4-18(12-19)14-28)31-25(23)20-6-8-22(27)9-7-20/h3-13,16-17H,15H2,1-2H3,(H,29,30,33). The van der Waals surface area contributed by atoms with Crippen LogP contribution >= 0.6 is 0 Å². The van der Waals surface area contributed by atoms with Crippen molar-refractivity contribution in [3.05, 3.63) is 90.0 Å². The summed E-state index contributed by atoms with van der Waals surface area (Å²) in [6.45, 7) is 4.10. The van der Waals surface area contributed by atoms with E-state index in [0.29, 0.717) is 23.6 Å². The fourth-order valence-electron chi connectivity index (χ4n) is 3.40. The lowest BCUT2D eigenvalue weighted by Crippen LogP contribution is -2.18. The Balaban J connectivity index is 1.75. The van der Waals surface area contributed by atoms with Crippen molar-refractivity contribution < 1.29 is 9.18 Å². The largest absolute Gasteiger partial charge is 0.310 e. The van der Waals surface area contributed by atoms with Crippen molar-refractivity contribution >= 4 is 11.7 Å². The van der Waals surface area contributed by atoms with Crippen molar-refractivity contribution in [2.75, 3.05) is 5.32 Å². The molecule has 0 saturated heterocycles. The third-order valence-electron chi connectivity index (χ3n) is 5.13. The molecule has 0 atom stereocenters. The molecule has 2 heterocycles. The Hall–Kier alpha value is -4.31. The summed E-state index contributed by atoms with van der Waals surface area (Å²) >= 11 is 0. The number of nitrogens with zero attached hydrogens (tertiary/aromatic N) is 4. The highest BCUT2D eigenvalue weighted by Crippen LogP contribution is 2.32. The third kappa shape index (κ3) is 5.13. The van der Waals surface area contributed by atoms with Crippen LogP contribution in [0.15, 0.2) is 73.1 Å². The van der Waals surface area contributed by atoms with Crippen LogP contribution in [0.2, 0.25) is 0 Å². The highest BCUT2D eigenvalue weighted by molar-refractivity contribution is 5.92. The second kappa shape index (κ2) is 9.45. The second-order valence-corrected chi connectivity index (χ2v) is 7.98. The summed E-state index contributed by atoms with van der Waals surface area (Å²) in [7, 11) is 0. The van der Waals surface area contributed by atoms with Crippen LogP contribution in [0.4, 0.5) is 10.2 Å². The fraction of sp³-hybridized carbons (Fsp3) is 0.154. The van der Waals surface area contributed by atoms with Gasteiger partial charge in [0.1, 0.15) is 17.3 Å². The maximum atomic E-state index is 13.5. The van der Waals surface area contributed by atoms with E-state index in [9.17, 15) is 14.4 Å². The maximum absolute atomic E-state index is 13.5. The van der Waals surface area contributed by atoms with Crippen LogP contribution in [0, 0.1) is 23.1 Å². The molecule has 2 aromatic carbocycles. The summed E-state index contributed by atoms with van der Waals surface area (Å²) in [6, 6.07) is 19.3. The molecule has 0 aliphatic rings. The predicted molar refractivity (Wildman–Crippen MR) is 125 cm³/mol. The van der Waals surface area contributed by atoms with Gasteiger partial charge in [0.05, 0.1) is 18.2 Å². The van der Waals surface area contributed by atoms with Crippen LogP contribution in [0.3, 0.4) is 0 Å². The molecule has 2 aromatic heterocycles. The minimum Gasteiger partial charge on any atom is -0.310 e. The number of anilines is 1. The van der Waals surface area contributed by atoms with Gasteiger partial charge in [-0.25, -0.2) is 9.37 Å². The fourth-order valence-corrected chi connectivity index (χ4v) is 3.40. The summed E-state index contributed by atoms with van der Waals surface area (Å²) in [6.07, 6.45) is 3.54. The first-order chi connectivity index (χ1) is 15.9. The number of amides is 1. The van der Waals surface area contributed by atoms with Gasteiger partial charge in [0.15, 0.2) is 0 Å². The van der Waals surface area contributed by atoms with Crippen LogP contribution in [-0.2, 0) is 11.3 Å². The van der Waals surface area contributed by atoms with E-state index in [-0.39, 0.29) is 17.6 Å². The molecule has 0 aliphatic carbocycles. The van der Waals surface area contributed by atoms with E-state index in [4.69, 9.17) is 5.10 Å². The molecule has 0 fully saturated rings. The molecule has 0 bridgehead atoms. The van der Waals surface area contributed by atoms with Crippen LogP contribution in [0.5, 0.6) is 0 Å². The predicted octanol–water partition coefficient (Wildman–Crippen LogP) is 5.27. The zero-order chi connectivity index (χ0) is 23.4. The molecule has 4 rings (SSSR count). The molecule has 1 N–H and O–H groups in total. The van der Waals surface area contributed by atoms with Crippen molar-refractivity contribution in [2.45, 2.75) is 20.4 Å². The monoisotopic (exact) mass is 439 g/mol. The first-order valence-corrected chi connectivity index (χ1v) is 10.5. The Labute approximate surface area is 191 Å². The number of aromatic nitrogens is 3. The smallest absolute Gasteiger partial charge is 0.228 e. The maximum Gasteiger partial charge on any atom is 0.228 e. The molecule has 33 heavy (non-hydrogen) atoms. The average Bonchev–Trinajstić information content (AvgIpc) is 3.23. The molecule has 7 heteroatoms. The zero-order valence-corrected chi connectivity index (χ0v) is 18.3. The normalized spacial score (nSPS) is 10.8. The summed E-state index contributed by atoms with van der Waals surface area (Å²) in [5.41, 5.74) is 4.60. The highest BCUT2D eigenvalue weighted by atomic mass is 19.1. The van der Waals surface area contributed by atoms with E-state index in [1.54, 1.807) is 35.1 Å². The van der Waals surface area contributed by atoms with Crippen LogP contribution < -0.4 is 5.32 Å². The quantitative estimate of drug-likeness (QED) is 0.444. The van der Waals surface area contributed by atoms with Crippen LogP contribution in [0.25, 0.3) is 22.4 Å². The number of carbonyl (C=O) groups is 1. The van der Waals surface area contributed by atoms with Gasteiger partial charge in [-0.05, 0) is 59.7 Å². The Morgan fingerprint density at radius 2 is 1.91 bits per heavy atom. The van der Waals surface area contributed by atoms with Crippen molar-refractivity contribution in [3.63, 3.8) is 0 Å². The topological polar surface area (TPSA) is 83.6 Å². The summed E-state index contributed by atoms with van der Waals surface area (Å²) in [5.74, 6) is -0.162.